The Kier molecular flexibility index (Phi) is 9.69. The molecule has 7 nitrogen and oxygen atoms in total. The third-order valence-corrected chi connectivity index (χ3v) is 8.60. The Hall–Kier alpha value is -4.88. The second-order valence-electron chi connectivity index (χ2n) is 11.8. The van der Waals surface area contributed by atoms with Crippen molar-refractivity contribution in [3.63, 3.8) is 0 Å². The quantitative estimate of drug-likeness (QED) is 0.0869. The summed E-state index contributed by atoms with van der Waals surface area (Å²) in [6.45, 7) is 12.2. The number of amidine groups is 1. The summed E-state index contributed by atoms with van der Waals surface area (Å²) < 4.78 is 7.38. The van der Waals surface area contributed by atoms with Gasteiger partial charge in [-0.1, -0.05) is 74.2 Å². The van der Waals surface area contributed by atoms with Crippen molar-refractivity contribution in [2.24, 2.45) is 10.7 Å². The highest BCUT2D eigenvalue weighted by atomic mass is 16.5. The molecule has 4 aromatic rings. The van der Waals surface area contributed by atoms with Gasteiger partial charge in [0.25, 0.3) is 0 Å². The maximum Gasteiger partial charge on any atom is 0.341 e. The zero-order chi connectivity index (χ0) is 32.0. The minimum absolute atomic E-state index is 0.0989. The van der Waals surface area contributed by atoms with Crippen LogP contribution in [-0.4, -0.2) is 40.0 Å². The van der Waals surface area contributed by atoms with Crippen LogP contribution in [0.4, 0.5) is 5.69 Å². The molecule has 0 aliphatic carbocycles. The Labute approximate surface area is 266 Å². The van der Waals surface area contributed by atoms with E-state index >= 15 is 0 Å². The summed E-state index contributed by atoms with van der Waals surface area (Å²) in [5, 5.41) is 4.53. The van der Waals surface area contributed by atoms with E-state index in [1.165, 1.54) is 12.7 Å². The monoisotopic (exact) mass is 601 g/mol. The largest absolute Gasteiger partial charge is 0.465 e. The molecule has 1 aromatic heterocycles. The third kappa shape index (κ3) is 7.27. The van der Waals surface area contributed by atoms with Crippen molar-refractivity contribution in [2.75, 3.05) is 12.4 Å². The van der Waals surface area contributed by atoms with E-state index in [1.807, 2.05) is 44.2 Å². The Morgan fingerprint density at radius 3 is 2.56 bits per heavy atom. The van der Waals surface area contributed by atoms with Crippen LogP contribution in [0.1, 0.15) is 43.9 Å². The van der Waals surface area contributed by atoms with Crippen LogP contribution in [0.2, 0.25) is 0 Å². The number of benzene rings is 3. The lowest BCUT2D eigenvalue weighted by molar-refractivity contribution is -0.135. The number of nitrogens with one attached hydrogen (secondary N) is 1. The summed E-state index contributed by atoms with van der Waals surface area (Å²) in [5.74, 6) is 0.0476. The van der Waals surface area contributed by atoms with Crippen molar-refractivity contribution < 1.29 is 9.53 Å². The number of nitrogens with two attached hydrogens (primary N) is 1. The summed E-state index contributed by atoms with van der Waals surface area (Å²) in [6.07, 6.45) is 8.68. The number of allylic oxidation sites excluding steroid dienone is 1. The van der Waals surface area contributed by atoms with E-state index in [0.29, 0.717) is 30.9 Å². The maximum absolute atomic E-state index is 12.9. The van der Waals surface area contributed by atoms with Gasteiger partial charge >= 0.3 is 5.97 Å². The highest BCUT2D eigenvalue weighted by molar-refractivity contribution is 6.23. The van der Waals surface area contributed by atoms with E-state index in [0.717, 1.165) is 39.8 Å². The SMILES string of the molecule is C=C1C=CN(Cc2cccc(CN=C(Nc3ccc4c(ccn4Cc4ccccc4)c3)/C(=C\CC)C(=O)OC)c2)C(C)C1(C)N. The van der Waals surface area contributed by atoms with Gasteiger partial charge in [-0.2, -0.15) is 0 Å². The van der Waals surface area contributed by atoms with Crippen molar-refractivity contribution in [3.05, 3.63) is 138 Å². The molecule has 0 amide bonds. The number of methoxy groups -OCH3 is 1. The fourth-order valence-corrected chi connectivity index (χ4v) is 5.62. The molecule has 45 heavy (non-hydrogen) atoms. The predicted octanol–water partition coefficient (Wildman–Crippen LogP) is 7.20. The van der Waals surface area contributed by atoms with Crippen molar-refractivity contribution in [1.82, 2.24) is 9.47 Å². The van der Waals surface area contributed by atoms with Gasteiger partial charge < -0.3 is 25.3 Å². The second-order valence-corrected chi connectivity index (χ2v) is 11.8. The van der Waals surface area contributed by atoms with Crippen LogP contribution < -0.4 is 11.1 Å². The highest BCUT2D eigenvalue weighted by Gasteiger charge is 2.34. The van der Waals surface area contributed by atoms with Gasteiger partial charge in [-0.15, -0.1) is 0 Å². The number of nitrogens with zero attached hydrogens (tertiary/aromatic N) is 3. The molecule has 5 rings (SSSR count). The number of esters is 1. The first kappa shape index (κ1) is 31.5. The number of anilines is 1. The van der Waals surface area contributed by atoms with E-state index in [-0.39, 0.29) is 6.04 Å². The zero-order valence-corrected chi connectivity index (χ0v) is 26.7. The Morgan fingerprint density at radius 2 is 1.80 bits per heavy atom. The molecule has 0 spiro atoms. The Balaban J connectivity index is 1.39. The first-order valence-corrected chi connectivity index (χ1v) is 15.4. The van der Waals surface area contributed by atoms with Crippen LogP contribution in [0.3, 0.4) is 0 Å². The number of ether oxygens (including phenoxy) is 1. The lowest BCUT2D eigenvalue weighted by Gasteiger charge is -2.43. The van der Waals surface area contributed by atoms with Gasteiger partial charge in [-0.25, -0.2) is 4.79 Å². The predicted molar refractivity (Wildman–Crippen MR) is 185 cm³/mol. The highest BCUT2D eigenvalue weighted by Crippen LogP contribution is 2.28. The summed E-state index contributed by atoms with van der Waals surface area (Å²) in [5.41, 5.74) is 12.8. The molecule has 2 unspecified atom stereocenters. The molecule has 7 heteroatoms. The summed E-state index contributed by atoms with van der Waals surface area (Å²) in [4.78, 5) is 20.0. The molecule has 0 bridgehead atoms. The molecule has 0 saturated carbocycles. The average molecular weight is 602 g/mol. The van der Waals surface area contributed by atoms with E-state index in [9.17, 15) is 4.79 Å². The molecule has 232 valence electrons. The van der Waals surface area contributed by atoms with Gasteiger partial charge in [0.15, 0.2) is 0 Å². The first-order chi connectivity index (χ1) is 21.7. The van der Waals surface area contributed by atoms with Crippen molar-refractivity contribution >= 4 is 28.4 Å². The van der Waals surface area contributed by atoms with Crippen molar-refractivity contribution in [3.8, 4) is 0 Å². The Morgan fingerprint density at radius 1 is 1.04 bits per heavy atom. The van der Waals surface area contributed by atoms with Crippen molar-refractivity contribution in [1.29, 1.82) is 0 Å². The number of hydrogen-bond acceptors (Lipinski definition) is 5. The molecular formula is C38H43N5O2. The molecule has 3 N–H and O–H groups in total. The molecule has 3 aromatic carbocycles. The van der Waals surface area contributed by atoms with Gasteiger partial charge in [0, 0.05) is 48.1 Å². The number of aliphatic imine (C=N–C) groups is 1. The zero-order valence-electron chi connectivity index (χ0n) is 26.7. The lowest BCUT2D eigenvalue weighted by atomic mass is 9.83. The van der Waals surface area contributed by atoms with Crippen LogP contribution in [0.25, 0.3) is 10.9 Å². The summed E-state index contributed by atoms with van der Waals surface area (Å²) in [6, 6.07) is 27.2. The van der Waals surface area contributed by atoms with Crippen molar-refractivity contribution in [2.45, 2.75) is 58.4 Å². The van der Waals surface area contributed by atoms with Crippen LogP contribution >= 0.6 is 0 Å². The fourth-order valence-electron chi connectivity index (χ4n) is 5.62. The molecule has 1 aliphatic rings. The van der Waals surface area contributed by atoms with Crippen LogP contribution in [0, 0.1) is 0 Å². The Bertz CT molecular complexity index is 1760. The summed E-state index contributed by atoms with van der Waals surface area (Å²) >= 11 is 0. The minimum atomic E-state index is -0.499. The second kappa shape index (κ2) is 13.8. The van der Waals surface area contributed by atoms with Gasteiger partial charge in [0.05, 0.1) is 24.8 Å². The van der Waals surface area contributed by atoms with E-state index in [2.05, 4.69) is 101 Å². The van der Waals surface area contributed by atoms with E-state index in [1.54, 1.807) is 0 Å². The van der Waals surface area contributed by atoms with E-state index in [4.69, 9.17) is 15.5 Å². The molecular weight excluding hydrogens is 558 g/mol. The standard InChI is InChI=1S/C38H43N5O2/c1-6-11-34(37(44)45-5)36(41-33-16-17-35-32(23-33)19-21-43(35)25-29-12-8-7-9-13-29)40-24-30-14-10-15-31(22-30)26-42-20-18-27(2)38(4,39)28(42)3/h7-23,28H,2,6,24-26,39H2,1,3-5H3,(H,40,41)/b34-11+. The maximum atomic E-state index is 12.9. The first-order valence-electron chi connectivity index (χ1n) is 15.4. The molecule has 2 atom stereocenters. The number of fused-ring (bicyclic) bond motifs is 1. The third-order valence-electron chi connectivity index (χ3n) is 8.60. The molecule has 0 radical (unpaired) electrons. The van der Waals surface area contributed by atoms with Gasteiger partial charge in [0.1, 0.15) is 5.84 Å². The van der Waals surface area contributed by atoms with Gasteiger partial charge in [-0.05, 0) is 72.9 Å². The molecule has 0 saturated heterocycles. The minimum Gasteiger partial charge on any atom is -0.465 e. The number of carbonyl (C=O) groups excluding carboxylic acids is 1. The summed E-state index contributed by atoms with van der Waals surface area (Å²) in [7, 11) is 1.39. The number of aromatic nitrogens is 1. The van der Waals surface area contributed by atoms with Crippen LogP contribution in [0.15, 0.2) is 126 Å². The normalized spacial score (nSPS) is 18.8. The molecule has 0 fully saturated rings. The number of hydrogen-bond donors (Lipinski definition) is 2. The van der Waals surface area contributed by atoms with Gasteiger partial charge in [0.2, 0.25) is 0 Å². The van der Waals surface area contributed by atoms with Crippen LogP contribution in [0.5, 0.6) is 0 Å². The topological polar surface area (TPSA) is 84.9 Å². The molecule has 2 heterocycles. The molecule has 1 aliphatic heterocycles. The average Bonchev–Trinajstić information content (AvgIpc) is 3.44. The van der Waals surface area contributed by atoms with Crippen LogP contribution in [-0.2, 0) is 29.2 Å². The number of carbonyl (C=O) groups is 1. The number of rotatable bonds is 10. The fraction of sp³-hybridized carbons (Fsp3) is 0.263. The lowest BCUT2D eigenvalue weighted by Crippen LogP contribution is -2.56. The smallest absolute Gasteiger partial charge is 0.341 e. The van der Waals surface area contributed by atoms with Gasteiger partial charge in [-0.3, -0.25) is 4.99 Å². The van der Waals surface area contributed by atoms with E-state index < -0.39 is 11.5 Å².